The molecule has 5 aliphatic rings. The molecule has 0 radical (unpaired) electrons. The van der Waals surface area contributed by atoms with Gasteiger partial charge in [0.05, 0.1) is 12.7 Å². The average Bonchev–Trinajstić information content (AvgIpc) is 3.34. The van der Waals surface area contributed by atoms with Crippen molar-refractivity contribution in [2.45, 2.75) is 112 Å². The summed E-state index contributed by atoms with van der Waals surface area (Å²) in [5, 5.41) is 11.0. The van der Waals surface area contributed by atoms with E-state index in [0.717, 1.165) is 31.2 Å². The number of esters is 1. The van der Waals surface area contributed by atoms with Crippen LogP contribution in [0.2, 0.25) is 0 Å². The highest BCUT2D eigenvalue weighted by atomic mass is 16.5. The molecule has 6 rings (SSSR count). The van der Waals surface area contributed by atoms with Crippen LogP contribution in [0.5, 0.6) is 0 Å². The number of benzene rings is 1. The summed E-state index contributed by atoms with van der Waals surface area (Å²) in [6.07, 6.45) is 15.2. The largest absolute Gasteiger partial charge is 0.462 e. The number of fused-ring (bicyclic) bond motifs is 7. The summed E-state index contributed by atoms with van der Waals surface area (Å²) in [6, 6.07) is 9.99. The molecule has 1 aromatic rings. The minimum atomic E-state index is -0.219. The fraction of sp³-hybridized carbons (Fsp3) is 0.718. The Labute approximate surface area is 255 Å². The van der Waals surface area contributed by atoms with E-state index in [2.05, 4.69) is 48.1 Å². The summed E-state index contributed by atoms with van der Waals surface area (Å²) in [5.74, 6) is 2.76. The van der Waals surface area contributed by atoms with Crippen LogP contribution in [0.1, 0.15) is 111 Å². The van der Waals surface area contributed by atoms with Crippen molar-refractivity contribution in [3.05, 3.63) is 54.1 Å². The molecule has 10 atom stereocenters. The Hall–Kier alpha value is -1.87. The number of allylic oxidation sites excluding steroid dienone is 1. The van der Waals surface area contributed by atoms with Crippen molar-refractivity contribution in [2.24, 2.45) is 56.7 Å². The van der Waals surface area contributed by atoms with Gasteiger partial charge >= 0.3 is 5.97 Å². The van der Waals surface area contributed by atoms with Crippen LogP contribution in [-0.4, -0.2) is 23.8 Å². The van der Waals surface area contributed by atoms with Crippen LogP contribution in [0.25, 0.3) is 6.08 Å². The Morgan fingerprint density at radius 3 is 2.36 bits per heavy atom. The molecule has 0 bridgehead atoms. The number of hydrogen-bond donors (Lipinski definition) is 1. The van der Waals surface area contributed by atoms with E-state index in [4.69, 9.17) is 4.74 Å². The molecule has 0 amide bonds. The molecule has 5 fully saturated rings. The van der Waals surface area contributed by atoms with Crippen LogP contribution in [0.4, 0.5) is 0 Å². The zero-order valence-electron chi connectivity index (χ0n) is 27.3. The van der Waals surface area contributed by atoms with Gasteiger partial charge in [0.1, 0.15) is 0 Å². The van der Waals surface area contributed by atoms with Gasteiger partial charge in [-0.2, -0.15) is 0 Å². The van der Waals surface area contributed by atoms with E-state index in [1.165, 1.54) is 44.1 Å². The van der Waals surface area contributed by atoms with Gasteiger partial charge in [-0.15, -0.1) is 0 Å². The first kappa shape index (κ1) is 30.2. The van der Waals surface area contributed by atoms with Gasteiger partial charge in [-0.05, 0) is 134 Å². The molecule has 0 aromatic heterocycles. The number of ether oxygens (including phenoxy) is 1. The van der Waals surface area contributed by atoms with Crippen molar-refractivity contribution in [3.8, 4) is 0 Å². The fourth-order valence-corrected chi connectivity index (χ4v) is 12.5. The molecule has 3 heteroatoms. The van der Waals surface area contributed by atoms with Crippen molar-refractivity contribution < 1.29 is 14.6 Å². The van der Waals surface area contributed by atoms with Crippen LogP contribution in [0.3, 0.4) is 0 Å². The van der Waals surface area contributed by atoms with Gasteiger partial charge in [-0.25, -0.2) is 4.79 Å². The van der Waals surface area contributed by atoms with Gasteiger partial charge in [0.15, 0.2) is 0 Å². The Kier molecular flexibility index (Phi) is 7.44. The summed E-state index contributed by atoms with van der Waals surface area (Å²) >= 11 is 0. The number of rotatable bonds is 5. The zero-order chi connectivity index (χ0) is 30.1. The maximum absolute atomic E-state index is 12.9. The molecular weight excluding hydrogens is 516 g/mol. The quantitative estimate of drug-likeness (QED) is 0.217. The number of aliphatic hydroxyl groups is 1. The second-order valence-electron chi connectivity index (χ2n) is 16.8. The van der Waals surface area contributed by atoms with Crippen LogP contribution in [0.15, 0.2) is 48.6 Å². The highest BCUT2D eigenvalue weighted by Crippen LogP contribution is 2.77. The molecule has 5 unspecified atom stereocenters. The normalized spacial score (nSPS) is 45.8. The topological polar surface area (TPSA) is 46.5 Å². The number of carbonyl (C=O) groups is 1. The zero-order valence-corrected chi connectivity index (χ0v) is 27.3. The molecule has 0 spiro atoms. The monoisotopic (exact) mass is 572 g/mol. The molecule has 5 saturated carbocycles. The maximum atomic E-state index is 12.9. The van der Waals surface area contributed by atoms with Crippen molar-refractivity contribution in [1.82, 2.24) is 0 Å². The van der Waals surface area contributed by atoms with Crippen LogP contribution in [0, 0.1) is 56.7 Å². The van der Waals surface area contributed by atoms with E-state index < -0.39 is 0 Å². The summed E-state index contributed by atoms with van der Waals surface area (Å²) in [5.41, 5.74) is 3.26. The Morgan fingerprint density at radius 1 is 0.905 bits per heavy atom. The van der Waals surface area contributed by atoms with E-state index in [0.29, 0.717) is 47.0 Å². The van der Waals surface area contributed by atoms with E-state index in [-0.39, 0.29) is 28.3 Å². The average molecular weight is 573 g/mol. The molecule has 1 N–H and O–H groups in total. The van der Waals surface area contributed by atoms with E-state index in [1.807, 2.05) is 36.4 Å². The fourth-order valence-electron chi connectivity index (χ4n) is 12.5. The summed E-state index contributed by atoms with van der Waals surface area (Å²) in [6.45, 7) is 20.0. The molecule has 42 heavy (non-hydrogen) atoms. The maximum Gasteiger partial charge on any atom is 0.330 e. The lowest BCUT2D eigenvalue weighted by Gasteiger charge is -2.73. The molecule has 0 aliphatic heterocycles. The molecule has 1 aromatic carbocycles. The van der Waals surface area contributed by atoms with Gasteiger partial charge in [0, 0.05) is 11.5 Å². The Balaban J connectivity index is 1.27. The third-order valence-corrected chi connectivity index (χ3v) is 14.9. The minimum absolute atomic E-state index is 0.0108. The van der Waals surface area contributed by atoms with Crippen molar-refractivity contribution >= 4 is 12.0 Å². The Bertz CT molecular complexity index is 1230. The van der Waals surface area contributed by atoms with Crippen molar-refractivity contribution in [3.63, 3.8) is 0 Å². The lowest BCUT2D eigenvalue weighted by molar-refractivity contribution is -0.249. The van der Waals surface area contributed by atoms with Gasteiger partial charge in [0.25, 0.3) is 0 Å². The lowest BCUT2D eigenvalue weighted by Crippen LogP contribution is -2.66. The smallest absolute Gasteiger partial charge is 0.330 e. The first-order valence-electron chi connectivity index (χ1n) is 17.0. The van der Waals surface area contributed by atoms with Crippen molar-refractivity contribution in [2.75, 3.05) is 6.61 Å². The third-order valence-electron chi connectivity index (χ3n) is 14.9. The van der Waals surface area contributed by atoms with Crippen LogP contribution >= 0.6 is 0 Å². The van der Waals surface area contributed by atoms with E-state index in [9.17, 15) is 9.90 Å². The third kappa shape index (κ3) is 4.33. The lowest BCUT2D eigenvalue weighted by atomic mass is 9.32. The van der Waals surface area contributed by atoms with E-state index in [1.54, 1.807) is 6.08 Å². The van der Waals surface area contributed by atoms with Gasteiger partial charge in [-0.3, -0.25) is 0 Å². The number of hydrogen-bond acceptors (Lipinski definition) is 3. The second-order valence-corrected chi connectivity index (χ2v) is 16.8. The first-order valence-corrected chi connectivity index (χ1v) is 17.0. The van der Waals surface area contributed by atoms with Gasteiger partial charge in [0.2, 0.25) is 0 Å². The predicted octanol–water partition coefficient (Wildman–Crippen LogP) is 9.26. The summed E-state index contributed by atoms with van der Waals surface area (Å²) in [4.78, 5) is 12.9. The van der Waals surface area contributed by atoms with Crippen LogP contribution in [-0.2, 0) is 9.53 Å². The van der Waals surface area contributed by atoms with Gasteiger partial charge in [-0.1, -0.05) is 77.1 Å². The minimum Gasteiger partial charge on any atom is -0.462 e. The molecular formula is C39H56O3. The summed E-state index contributed by atoms with van der Waals surface area (Å²) < 4.78 is 6.12. The Morgan fingerprint density at radius 2 is 1.64 bits per heavy atom. The number of aliphatic hydroxyl groups excluding tert-OH is 1. The first-order chi connectivity index (χ1) is 19.8. The second kappa shape index (κ2) is 10.4. The highest BCUT2D eigenvalue weighted by molar-refractivity contribution is 5.87. The van der Waals surface area contributed by atoms with Crippen molar-refractivity contribution in [1.29, 1.82) is 0 Å². The number of carbonyl (C=O) groups excluding carboxylic acids is 1. The SMILES string of the molecule is C=C(C)C1CC[C@]2(COC(=O)/C=C/c3ccccc3)CC[C@]3(C)C(CCC4[C@@]5(C)CC[C@H](O)C(C)(C)C5CC[C@]43C)C12. The molecule has 230 valence electrons. The molecule has 5 aliphatic carbocycles. The molecule has 0 saturated heterocycles. The summed E-state index contributed by atoms with van der Waals surface area (Å²) in [7, 11) is 0. The predicted molar refractivity (Wildman–Crippen MR) is 171 cm³/mol. The molecule has 0 heterocycles. The van der Waals surface area contributed by atoms with E-state index >= 15 is 0 Å². The highest BCUT2D eigenvalue weighted by Gasteiger charge is 2.70. The molecule has 3 nitrogen and oxygen atoms in total. The van der Waals surface area contributed by atoms with Crippen LogP contribution < -0.4 is 0 Å². The standard InChI is InChI=1S/C39H56O3/c1-26(2)28-17-22-39(25-42-33(41)16-13-27-11-9-8-10-12-27)24-23-37(6)29(34(28)39)14-15-31-36(5)20-19-32(40)35(3,4)30(36)18-21-38(31,37)7/h8-13,16,28-32,34,40H,1,14-15,17-25H2,2-7H3/b16-13+/t28?,29?,30?,31?,32-,34?,36-,37+,38+,39+/m0/s1. The van der Waals surface area contributed by atoms with Gasteiger partial charge < -0.3 is 9.84 Å².